The predicted molar refractivity (Wildman–Crippen MR) is 79.7 cm³/mol. The molecule has 1 aromatic rings. The van der Waals surface area contributed by atoms with Crippen molar-refractivity contribution in [3.8, 4) is 11.5 Å². The molecular formula is C16H23NO4. The maximum Gasteiger partial charge on any atom is 0.330 e. The lowest BCUT2D eigenvalue weighted by Gasteiger charge is -2.31. The van der Waals surface area contributed by atoms with Crippen molar-refractivity contribution in [1.82, 2.24) is 5.32 Å². The number of benzene rings is 1. The monoisotopic (exact) mass is 293 g/mol. The molecule has 1 unspecified atom stereocenters. The van der Waals surface area contributed by atoms with Gasteiger partial charge in [-0.15, -0.1) is 0 Å². The van der Waals surface area contributed by atoms with Gasteiger partial charge in [0.15, 0.2) is 11.5 Å². The van der Waals surface area contributed by atoms with Crippen molar-refractivity contribution >= 4 is 5.97 Å². The summed E-state index contributed by atoms with van der Waals surface area (Å²) < 4.78 is 16.3. The lowest BCUT2D eigenvalue weighted by atomic mass is 9.90. The van der Waals surface area contributed by atoms with Crippen LogP contribution in [0, 0.1) is 0 Å². The Morgan fingerprint density at radius 3 is 2.57 bits per heavy atom. The van der Waals surface area contributed by atoms with Gasteiger partial charge in [0.25, 0.3) is 0 Å². The summed E-state index contributed by atoms with van der Waals surface area (Å²) in [6.45, 7) is 7.06. The van der Waals surface area contributed by atoms with E-state index in [1.54, 1.807) is 0 Å². The summed E-state index contributed by atoms with van der Waals surface area (Å²) >= 11 is 0. The maximum atomic E-state index is 12.2. The summed E-state index contributed by atoms with van der Waals surface area (Å²) in [6, 6.07) is 5.71. The average Bonchev–Trinajstić information content (AvgIpc) is 2.69. The SMILES string of the molecule is COC(=O)C(C)(NC(C)C)c1ccc2c(c1)OCCCO2. The Morgan fingerprint density at radius 2 is 1.95 bits per heavy atom. The van der Waals surface area contributed by atoms with Crippen LogP contribution in [0.15, 0.2) is 18.2 Å². The number of fused-ring (bicyclic) bond motifs is 1. The maximum absolute atomic E-state index is 12.2. The summed E-state index contributed by atoms with van der Waals surface area (Å²) in [5.41, 5.74) is -0.125. The van der Waals surface area contributed by atoms with Crippen LogP contribution < -0.4 is 14.8 Å². The lowest BCUT2D eigenvalue weighted by molar-refractivity contribution is -0.148. The zero-order valence-corrected chi connectivity index (χ0v) is 13.1. The molecule has 0 aromatic heterocycles. The van der Waals surface area contributed by atoms with Crippen molar-refractivity contribution < 1.29 is 19.0 Å². The number of ether oxygens (including phenoxy) is 3. The Kier molecular flexibility index (Phi) is 4.73. The zero-order valence-electron chi connectivity index (χ0n) is 13.1. The number of esters is 1. The minimum atomic E-state index is -0.923. The summed E-state index contributed by atoms with van der Waals surface area (Å²) in [6.07, 6.45) is 0.850. The van der Waals surface area contributed by atoms with Gasteiger partial charge in [0.1, 0.15) is 5.54 Å². The summed E-state index contributed by atoms with van der Waals surface area (Å²) in [7, 11) is 1.39. The van der Waals surface area contributed by atoms with Crippen molar-refractivity contribution in [2.45, 2.75) is 38.8 Å². The van der Waals surface area contributed by atoms with Gasteiger partial charge in [-0.3, -0.25) is 5.32 Å². The highest BCUT2D eigenvalue weighted by atomic mass is 16.5. The molecule has 5 nitrogen and oxygen atoms in total. The quantitative estimate of drug-likeness (QED) is 0.863. The number of rotatable bonds is 4. The van der Waals surface area contributed by atoms with E-state index in [4.69, 9.17) is 14.2 Å². The minimum Gasteiger partial charge on any atom is -0.490 e. The molecule has 2 rings (SSSR count). The van der Waals surface area contributed by atoms with Gasteiger partial charge in [-0.1, -0.05) is 6.07 Å². The first-order valence-electron chi connectivity index (χ1n) is 7.23. The van der Waals surface area contributed by atoms with E-state index in [1.165, 1.54) is 7.11 Å². The van der Waals surface area contributed by atoms with Gasteiger partial charge in [0.05, 0.1) is 20.3 Å². The van der Waals surface area contributed by atoms with E-state index in [0.717, 1.165) is 12.0 Å². The second-order valence-electron chi connectivity index (χ2n) is 5.63. The zero-order chi connectivity index (χ0) is 15.5. The number of carbonyl (C=O) groups excluding carboxylic acids is 1. The van der Waals surface area contributed by atoms with Gasteiger partial charge in [0.2, 0.25) is 0 Å². The Bertz CT molecular complexity index is 515. The molecule has 0 spiro atoms. The molecule has 0 saturated heterocycles. The van der Waals surface area contributed by atoms with Crippen LogP contribution in [-0.4, -0.2) is 32.3 Å². The Morgan fingerprint density at radius 1 is 1.29 bits per heavy atom. The molecule has 0 aliphatic carbocycles. The number of methoxy groups -OCH3 is 1. The fourth-order valence-corrected chi connectivity index (χ4v) is 2.52. The highest BCUT2D eigenvalue weighted by molar-refractivity contribution is 5.82. The molecule has 1 N–H and O–H groups in total. The number of nitrogens with one attached hydrogen (secondary N) is 1. The molecule has 0 radical (unpaired) electrons. The van der Waals surface area contributed by atoms with Crippen molar-refractivity contribution in [3.05, 3.63) is 23.8 Å². The smallest absolute Gasteiger partial charge is 0.330 e. The second-order valence-corrected chi connectivity index (χ2v) is 5.63. The summed E-state index contributed by atoms with van der Waals surface area (Å²) in [5.74, 6) is 1.06. The van der Waals surface area contributed by atoms with Crippen LogP contribution in [0.3, 0.4) is 0 Å². The molecule has 0 bridgehead atoms. The molecule has 1 heterocycles. The fraction of sp³-hybridized carbons (Fsp3) is 0.562. The van der Waals surface area contributed by atoms with E-state index in [9.17, 15) is 4.79 Å². The molecule has 5 heteroatoms. The van der Waals surface area contributed by atoms with Crippen LogP contribution in [-0.2, 0) is 15.1 Å². The normalized spacial score (nSPS) is 17.0. The third-order valence-electron chi connectivity index (χ3n) is 3.50. The fourth-order valence-electron chi connectivity index (χ4n) is 2.52. The minimum absolute atomic E-state index is 0.130. The predicted octanol–water partition coefficient (Wildman–Crippen LogP) is 2.23. The summed E-state index contributed by atoms with van der Waals surface area (Å²) in [5, 5.41) is 3.27. The average molecular weight is 293 g/mol. The molecule has 1 aliphatic heterocycles. The van der Waals surface area contributed by atoms with Gasteiger partial charge in [0, 0.05) is 12.5 Å². The van der Waals surface area contributed by atoms with Crippen LogP contribution in [0.25, 0.3) is 0 Å². The van der Waals surface area contributed by atoms with Gasteiger partial charge < -0.3 is 14.2 Å². The van der Waals surface area contributed by atoms with Crippen molar-refractivity contribution in [2.75, 3.05) is 20.3 Å². The largest absolute Gasteiger partial charge is 0.490 e. The first-order valence-corrected chi connectivity index (χ1v) is 7.23. The first-order chi connectivity index (χ1) is 9.97. The van der Waals surface area contributed by atoms with Crippen LogP contribution in [0.4, 0.5) is 0 Å². The number of carbonyl (C=O) groups is 1. The topological polar surface area (TPSA) is 56.8 Å². The van der Waals surface area contributed by atoms with E-state index < -0.39 is 5.54 Å². The number of hydrogen-bond donors (Lipinski definition) is 1. The third kappa shape index (κ3) is 3.29. The van der Waals surface area contributed by atoms with Crippen LogP contribution in [0.5, 0.6) is 11.5 Å². The Labute approximate surface area is 125 Å². The standard InChI is InChI=1S/C16H23NO4/c1-11(2)17-16(3,15(18)19-4)12-6-7-13-14(10-12)21-9-5-8-20-13/h6-7,10-11,17H,5,8-9H2,1-4H3. The molecule has 0 amide bonds. The molecule has 21 heavy (non-hydrogen) atoms. The molecule has 1 aromatic carbocycles. The van der Waals surface area contributed by atoms with E-state index in [0.29, 0.717) is 24.7 Å². The van der Waals surface area contributed by atoms with Crippen molar-refractivity contribution in [1.29, 1.82) is 0 Å². The van der Waals surface area contributed by atoms with Gasteiger partial charge in [-0.25, -0.2) is 4.79 Å². The van der Waals surface area contributed by atoms with E-state index in [1.807, 2.05) is 39.0 Å². The van der Waals surface area contributed by atoms with Crippen molar-refractivity contribution in [3.63, 3.8) is 0 Å². The third-order valence-corrected chi connectivity index (χ3v) is 3.50. The summed E-state index contributed by atoms with van der Waals surface area (Å²) in [4.78, 5) is 12.2. The Balaban J connectivity index is 2.40. The van der Waals surface area contributed by atoms with Crippen molar-refractivity contribution in [2.24, 2.45) is 0 Å². The van der Waals surface area contributed by atoms with Crippen LogP contribution in [0.2, 0.25) is 0 Å². The van der Waals surface area contributed by atoms with Gasteiger partial charge in [-0.2, -0.15) is 0 Å². The molecule has 1 aliphatic rings. The van der Waals surface area contributed by atoms with E-state index >= 15 is 0 Å². The Hall–Kier alpha value is -1.75. The molecule has 0 fully saturated rings. The second kappa shape index (κ2) is 6.35. The van der Waals surface area contributed by atoms with E-state index in [-0.39, 0.29) is 12.0 Å². The lowest BCUT2D eigenvalue weighted by Crippen LogP contribution is -2.50. The van der Waals surface area contributed by atoms with Gasteiger partial charge >= 0.3 is 5.97 Å². The number of hydrogen-bond acceptors (Lipinski definition) is 5. The van der Waals surface area contributed by atoms with Crippen LogP contribution >= 0.6 is 0 Å². The van der Waals surface area contributed by atoms with Gasteiger partial charge in [-0.05, 0) is 38.5 Å². The highest BCUT2D eigenvalue weighted by Crippen LogP contribution is 2.34. The molecule has 1 atom stereocenters. The first kappa shape index (κ1) is 15.6. The molecule has 0 saturated carbocycles. The highest BCUT2D eigenvalue weighted by Gasteiger charge is 2.37. The van der Waals surface area contributed by atoms with E-state index in [2.05, 4.69) is 5.32 Å². The molecule has 116 valence electrons. The van der Waals surface area contributed by atoms with Crippen LogP contribution in [0.1, 0.15) is 32.8 Å². The molecular weight excluding hydrogens is 270 g/mol.